The summed E-state index contributed by atoms with van der Waals surface area (Å²) in [5, 5.41) is 7.77. The Balaban J connectivity index is 1.81. The third-order valence-corrected chi connectivity index (χ3v) is 6.40. The first kappa shape index (κ1) is 24.6. The van der Waals surface area contributed by atoms with E-state index in [1.165, 1.54) is 18.7 Å². The summed E-state index contributed by atoms with van der Waals surface area (Å²) in [4.78, 5) is 14.1. The van der Waals surface area contributed by atoms with Crippen molar-refractivity contribution in [1.82, 2.24) is 20.1 Å². The van der Waals surface area contributed by atoms with Crippen molar-refractivity contribution < 1.29 is 9.13 Å². The largest absolute Gasteiger partial charge is 0.496 e. The minimum Gasteiger partial charge on any atom is -0.496 e. The third kappa shape index (κ3) is 5.43. The normalized spacial score (nSPS) is 15.5. The van der Waals surface area contributed by atoms with Crippen molar-refractivity contribution in [2.24, 2.45) is 4.99 Å². The van der Waals surface area contributed by atoms with Gasteiger partial charge in [0, 0.05) is 37.9 Å². The highest BCUT2D eigenvalue weighted by Crippen LogP contribution is 2.35. The Bertz CT molecular complexity index is 1240. The number of hydrogen-bond donors (Lipinski definition) is 1. The molecule has 3 aromatic rings. The van der Waals surface area contributed by atoms with Gasteiger partial charge in [0.1, 0.15) is 28.8 Å². The summed E-state index contributed by atoms with van der Waals surface area (Å²) in [5.74, 6) is 0.987. The molecule has 1 aliphatic heterocycles. The van der Waals surface area contributed by atoms with Gasteiger partial charge in [-0.3, -0.25) is 5.10 Å². The van der Waals surface area contributed by atoms with Crippen LogP contribution in [0.2, 0.25) is 0 Å². The number of rotatable bonds is 7. The molecule has 8 heteroatoms. The molecule has 3 heterocycles. The number of anilines is 1. The van der Waals surface area contributed by atoms with Gasteiger partial charge in [-0.25, -0.2) is 14.4 Å². The van der Waals surface area contributed by atoms with Crippen LogP contribution in [0.25, 0.3) is 17.3 Å². The van der Waals surface area contributed by atoms with E-state index in [1.54, 1.807) is 19.1 Å². The van der Waals surface area contributed by atoms with Crippen LogP contribution in [0, 0.1) is 5.82 Å². The number of benzene rings is 1. The molecule has 0 aliphatic carbocycles. The van der Waals surface area contributed by atoms with Gasteiger partial charge in [-0.05, 0) is 57.7 Å². The van der Waals surface area contributed by atoms with Crippen LogP contribution in [0.15, 0.2) is 47.1 Å². The van der Waals surface area contributed by atoms with E-state index >= 15 is 0 Å². The van der Waals surface area contributed by atoms with Gasteiger partial charge in [0.2, 0.25) is 0 Å². The maximum atomic E-state index is 14.8. The third-order valence-electron chi connectivity index (χ3n) is 6.40. The first-order valence-corrected chi connectivity index (χ1v) is 11.9. The fourth-order valence-electron chi connectivity index (χ4n) is 4.14. The summed E-state index contributed by atoms with van der Waals surface area (Å²) in [6.45, 7) is 9.81. The van der Waals surface area contributed by atoms with E-state index in [4.69, 9.17) is 9.73 Å². The van der Waals surface area contributed by atoms with E-state index < -0.39 is 0 Å². The van der Waals surface area contributed by atoms with E-state index in [0.29, 0.717) is 28.4 Å². The Labute approximate surface area is 206 Å². The number of pyridine rings is 1. The highest BCUT2D eigenvalue weighted by molar-refractivity contribution is 6.04. The van der Waals surface area contributed by atoms with Crippen LogP contribution in [0.1, 0.15) is 38.4 Å². The number of H-pyrrole nitrogens is 1. The topological polar surface area (TPSA) is 69.6 Å². The molecule has 0 spiro atoms. The molecule has 7 nitrogen and oxygen atoms in total. The zero-order chi connectivity index (χ0) is 24.9. The summed E-state index contributed by atoms with van der Waals surface area (Å²) in [6, 6.07) is 8.78. The molecule has 1 N–H and O–H groups in total. The first-order chi connectivity index (χ1) is 16.9. The van der Waals surface area contributed by atoms with Crippen molar-refractivity contribution in [2.75, 3.05) is 45.2 Å². The zero-order valence-electron chi connectivity index (χ0n) is 21.1. The van der Waals surface area contributed by atoms with Gasteiger partial charge < -0.3 is 14.5 Å². The van der Waals surface area contributed by atoms with E-state index in [-0.39, 0.29) is 5.82 Å². The number of methoxy groups -OCH3 is 1. The molecule has 1 saturated heterocycles. The van der Waals surface area contributed by atoms with Crippen LogP contribution >= 0.6 is 0 Å². The molecular formula is C27H33FN6O. The molecule has 0 bridgehead atoms. The van der Waals surface area contributed by atoms with Gasteiger partial charge >= 0.3 is 0 Å². The second-order valence-corrected chi connectivity index (χ2v) is 8.89. The Hall–Kier alpha value is -3.52. The van der Waals surface area contributed by atoms with Gasteiger partial charge in [-0.1, -0.05) is 18.6 Å². The maximum absolute atomic E-state index is 14.8. The number of piperazine rings is 1. The smallest absolute Gasteiger partial charge is 0.135 e. The zero-order valence-corrected chi connectivity index (χ0v) is 21.1. The highest BCUT2D eigenvalue weighted by Gasteiger charge is 2.20. The highest BCUT2D eigenvalue weighted by atomic mass is 19.1. The van der Waals surface area contributed by atoms with Gasteiger partial charge in [0.15, 0.2) is 0 Å². The van der Waals surface area contributed by atoms with Gasteiger partial charge in [0.05, 0.1) is 24.1 Å². The number of allylic oxidation sites excluding steroid dienone is 1. The number of aliphatic imine (C=N–C) groups is 1. The molecule has 0 radical (unpaired) electrons. The van der Waals surface area contributed by atoms with Crippen molar-refractivity contribution >= 4 is 23.3 Å². The van der Waals surface area contributed by atoms with Crippen LogP contribution in [0.3, 0.4) is 0 Å². The molecule has 184 valence electrons. The Morgan fingerprint density at radius 1 is 1.20 bits per heavy atom. The monoisotopic (exact) mass is 476 g/mol. The number of hydrogen-bond acceptors (Lipinski definition) is 6. The molecule has 2 aromatic heterocycles. The van der Waals surface area contributed by atoms with Crippen LogP contribution < -0.4 is 9.64 Å². The van der Waals surface area contributed by atoms with Crippen molar-refractivity contribution in [3.05, 3.63) is 59.2 Å². The molecule has 0 unspecified atom stereocenters. The number of aromatic amines is 1. The standard InChI is InChI=1S/C27H33FN6O/c1-6-18(2)16-22-27(30-19(3)25-21(28)8-7-9-23(25)35-5)26(32-31-22)20-10-11-29-24(17-20)34-14-12-33(4)13-15-34/h7-11,16-17H,6,12-15H2,1-5H3,(H,31,32)/b18-16+,30-19+. The Morgan fingerprint density at radius 2 is 1.97 bits per heavy atom. The second kappa shape index (κ2) is 10.8. The van der Waals surface area contributed by atoms with Gasteiger partial charge in [0.25, 0.3) is 0 Å². The number of aromatic nitrogens is 3. The number of halogens is 1. The fourth-order valence-corrected chi connectivity index (χ4v) is 4.14. The lowest BCUT2D eigenvalue weighted by Crippen LogP contribution is -2.44. The molecule has 0 amide bonds. The van der Waals surface area contributed by atoms with Crippen molar-refractivity contribution in [3.8, 4) is 17.0 Å². The van der Waals surface area contributed by atoms with E-state index in [0.717, 1.165) is 49.7 Å². The maximum Gasteiger partial charge on any atom is 0.135 e. The van der Waals surface area contributed by atoms with Crippen molar-refractivity contribution in [1.29, 1.82) is 0 Å². The summed E-state index contributed by atoms with van der Waals surface area (Å²) in [5.41, 5.74) is 5.10. The molecule has 1 aliphatic rings. The minimum absolute atomic E-state index is 0.345. The van der Waals surface area contributed by atoms with E-state index in [1.807, 2.05) is 18.3 Å². The first-order valence-electron chi connectivity index (χ1n) is 11.9. The van der Waals surface area contributed by atoms with E-state index in [9.17, 15) is 4.39 Å². The molecule has 0 saturated carbocycles. The molecular weight excluding hydrogens is 443 g/mol. The number of likely N-dealkylation sites (N-methyl/N-ethyl adjacent to an activating group) is 1. The summed E-state index contributed by atoms with van der Waals surface area (Å²) in [7, 11) is 3.67. The Morgan fingerprint density at radius 3 is 2.69 bits per heavy atom. The van der Waals surface area contributed by atoms with Crippen molar-refractivity contribution in [3.63, 3.8) is 0 Å². The number of ether oxygens (including phenoxy) is 1. The lowest BCUT2D eigenvalue weighted by atomic mass is 10.1. The average molecular weight is 477 g/mol. The lowest BCUT2D eigenvalue weighted by molar-refractivity contribution is 0.312. The number of nitrogens with zero attached hydrogens (tertiary/aromatic N) is 5. The molecule has 4 rings (SSSR count). The van der Waals surface area contributed by atoms with Crippen LogP contribution in [0.5, 0.6) is 5.75 Å². The number of nitrogens with one attached hydrogen (secondary N) is 1. The van der Waals surface area contributed by atoms with Gasteiger partial charge in [-0.2, -0.15) is 5.10 Å². The molecule has 0 atom stereocenters. The lowest BCUT2D eigenvalue weighted by Gasteiger charge is -2.33. The van der Waals surface area contributed by atoms with E-state index in [2.05, 4.69) is 51.9 Å². The second-order valence-electron chi connectivity index (χ2n) is 8.89. The predicted octanol–water partition coefficient (Wildman–Crippen LogP) is 5.33. The van der Waals surface area contributed by atoms with Crippen molar-refractivity contribution in [2.45, 2.75) is 27.2 Å². The van der Waals surface area contributed by atoms with Crippen LogP contribution in [-0.4, -0.2) is 66.1 Å². The Kier molecular flexibility index (Phi) is 7.60. The van der Waals surface area contributed by atoms with Crippen LogP contribution in [-0.2, 0) is 0 Å². The fraction of sp³-hybridized carbons (Fsp3) is 0.370. The average Bonchev–Trinajstić information content (AvgIpc) is 3.25. The summed E-state index contributed by atoms with van der Waals surface area (Å²) in [6.07, 6.45) is 4.76. The van der Waals surface area contributed by atoms with Crippen LogP contribution in [0.4, 0.5) is 15.9 Å². The molecule has 35 heavy (non-hydrogen) atoms. The quantitative estimate of drug-likeness (QED) is 0.467. The SMILES string of the molecule is CC/C(C)=C/c1[nH]nc(-c2ccnc(N3CCN(C)CC3)c2)c1/N=C(\C)c1c(F)cccc1OC. The summed E-state index contributed by atoms with van der Waals surface area (Å²) >= 11 is 0. The predicted molar refractivity (Wildman–Crippen MR) is 140 cm³/mol. The molecule has 1 aromatic carbocycles. The molecule has 1 fully saturated rings. The summed E-state index contributed by atoms with van der Waals surface area (Å²) < 4.78 is 20.2. The minimum atomic E-state index is -0.376. The van der Waals surface area contributed by atoms with Gasteiger partial charge in [-0.15, -0.1) is 0 Å².